The van der Waals surface area contributed by atoms with E-state index in [9.17, 15) is 0 Å². The van der Waals surface area contributed by atoms with Crippen LogP contribution < -0.4 is 0 Å². The number of nitrogens with zero attached hydrogens (tertiary/aromatic N) is 1. The number of aryl methyl sites for hydroxylation is 2. The van der Waals surface area contributed by atoms with Gasteiger partial charge in [-0.1, -0.05) is 40.0 Å². The molecule has 0 aromatic carbocycles. The maximum absolute atomic E-state index is 4.97. The van der Waals surface area contributed by atoms with Crippen LogP contribution in [-0.2, 0) is 6.42 Å². The van der Waals surface area contributed by atoms with Crippen molar-refractivity contribution in [3.8, 4) is 0 Å². The first-order valence-electron chi connectivity index (χ1n) is 7.63. The second kappa shape index (κ2) is 6.18. The Morgan fingerprint density at radius 1 is 1.28 bits per heavy atom. The highest BCUT2D eigenvalue weighted by Gasteiger charge is 2.32. The van der Waals surface area contributed by atoms with Gasteiger partial charge in [0.25, 0.3) is 0 Å². The summed E-state index contributed by atoms with van der Waals surface area (Å²) in [7, 11) is 0. The minimum absolute atomic E-state index is 0.737. The second-order valence-corrected chi connectivity index (χ2v) is 7.17. The van der Waals surface area contributed by atoms with E-state index in [0.29, 0.717) is 0 Å². The summed E-state index contributed by atoms with van der Waals surface area (Å²) in [5.41, 5.74) is 1.45. The summed E-state index contributed by atoms with van der Waals surface area (Å²) < 4.78 is 0. The first-order valence-corrected chi connectivity index (χ1v) is 8.45. The maximum Gasteiger partial charge on any atom is 0.0931 e. The van der Waals surface area contributed by atoms with Crippen LogP contribution in [0.3, 0.4) is 0 Å². The normalized spacial score (nSPS) is 28.6. The van der Waals surface area contributed by atoms with E-state index in [4.69, 9.17) is 4.98 Å². The minimum Gasteiger partial charge on any atom is -0.246 e. The van der Waals surface area contributed by atoms with Crippen LogP contribution in [-0.4, -0.2) is 4.98 Å². The summed E-state index contributed by atoms with van der Waals surface area (Å²) in [5.74, 6) is 2.47. The Balaban J connectivity index is 2.23. The van der Waals surface area contributed by atoms with Crippen LogP contribution in [0.4, 0.5) is 0 Å². The lowest BCUT2D eigenvalue weighted by atomic mass is 9.70. The van der Waals surface area contributed by atoms with Crippen molar-refractivity contribution in [3.63, 3.8) is 0 Å². The van der Waals surface area contributed by atoms with Crippen LogP contribution in [0.2, 0.25) is 0 Å². The van der Waals surface area contributed by atoms with E-state index in [-0.39, 0.29) is 0 Å². The second-order valence-electron chi connectivity index (χ2n) is 5.89. The van der Waals surface area contributed by atoms with Crippen LogP contribution in [0.5, 0.6) is 0 Å². The molecule has 0 radical (unpaired) electrons. The van der Waals surface area contributed by atoms with E-state index in [1.807, 2.05) is 11.3 Å². The van der Waals surface area contributed by atoms with Crippen LogP contribution in [0.25, 0.3) is 0 Å². The average molecular weight is 265 g/mol. The van der Waals surface area contributed by atoms with Gasteiger partial charge in [0, 0.05) is 10.8 Å². The van der Waals surface area contributed by atoms with Gasteiger partial charge in [0.15, 0.2) is 0 Å². The average Bonchev–Trinajstić information content (AvgIpc) is 2.70. The van der Waals surface area contributed by atoms with Gasteiger partial charge >= 0.3 is 0 Å². The van der Waals surface area contributed by atoms with Crippen LogP contribution in [0, 0.1) is 18.8 Å². The Bertz CT molecular complexity index is 382. The molecule has 0 bridgehead atoms. The molecule has 1 aliphatic carbocycles. The van der Waals surface area contributed by atoms with Gasteiger partial charge in [0.1, 0.15) is 0 Å². The predicted octanol–water partition coefficient (Wildman–Crippen LogP) is 5.33. The smallest absolute Gasteiger partial charge is 0.0931 e. The predicted molar refractivity (Wildman–Crippen MR) is 80.4 cm³/mol. The zero-order valence-corrected chi connectivity index (χ0v) is 13.1. The standard InChI is InChI=1S/C16H27NS/c1-5-8-15-17-16(12(4)18-15)14-10-7-9-11(3)13(14)6-2/h11,13-14H,5-10H2,1-4H3/t11-,13?,14?/m1/s1. The molecular formula is C16H27NS. The lowest BCUT2D eigenvalue weighted by Crippen LogP contribution is -2.25. The first-order chi connectivity index (χ1) is 8.67. The molecule has 2 unspecified atom stereocenters. The largest absolute Gasteiger partial charge is 0.246 e. The van der Waals surface area contributed by atoms with Gasteiger partial charge in [-0.25, -0.2) is 4.98 Å². The van der Waals surface area contributed by atoms with Gasteiger partial charge in [-0.2, -0.15) is 0 Å². The molecule has 1 aliphatic rings. The molecular weight excluding hydrogens is 238 g/mol. The summed E-state index contributed by atoms with van der Waals surface area (Å²) in [6.45, 7) is 9.31. The van der Waals surface area contributed by atoms with E-state index < -0.39 is 0 Å². The molecule has 2 rings (SSSR count). The van der Waals surface area contributed by atoms with Crippen molar-refractivity contribution in [1.29, 1.82) is 0 Å². The van der Waals surface area contributed by atoms with Gasteiger partial charge in [0.2, 0.25) is 0 Å². The van der Waals surface area contributed by atoms with Crippen LogP contribution >= 0.6 is 11.3 Å². The maximum atomic E-state index is 4.97. The summed E-state index contributed by atoms with van der Waals surface area (Å²) in [6.07, 6.45) is 7.85. The SMILES string of the molecule is CCCc1nc(C2CCC[C@@H](C)C2CC)c(C)s1. The molecule has 2 heteroatoms. The third kappa shape index (κ3) is 2.79. The Hall–Kier alpha value is -0.370. The highest BCUT2D eigenvalue weighted by atomic mass is 32.1. The van der Waals surface area contributed by atoms with E-state index in [0.717, 1.165) is 24.2 Å². The van der Waals surface area contributed by atoms with Crippen molar-refractivity contribution in [3.05, 3.63) is 15.6 Å². The molecule has 1 aromatic rings. The number of rotatable bonds is 4. The lowest BCUT2D eigenvalue weighted by Gasteiger charge is -2.35. The minimum atomic E-state index is 0.737. The van der Waals surface area contributed by atoms with E-state index in [1.54, 1.807) is 0 Å². The van der Waals surface area contributed by atoms with Crippen LogP contribution in [0.15, 0.2) is 0 Å². The third-order valence-corrected chi connectivity index (χ3v) is 5.63. The van der Waals surface area contributed by atoms with Crippen molar-refractivity contribution in [2.24, 2.45) is 11.8 Å². The van der Waals surface area contributed by atoms with Gasteiger partial charge in [-0.05, 0) is 38.0 Å². The molecule has 0 saturated heterocycles. The Kier molecular flexibility index (Phi) is 4.83. The molecule has 0 aliphatic heterocycles. The Morgan fingerprint density at radius 2 is 2.06 bits per heavy atom. The van der Waals surface area contributed by atoms with Gasteiger partial charge in [0.05, 0.1) is 10.7 Å². The number of thiazole rings is 1. The molecule has 0 amide bonds. The molecule has 102 valence electrons. The van der Waals surface area contributed by atoms with Gasteiger partial charge in [-0.15, -0.1) is 11.3 Å². The summed E-state index contributed by atoms with van der Waals surface area (Å²) in [4.78, 5) is 6.46. The zero-order chi connectivity index (χ0) is 13.1. The molecule has 3 atom stereocenters. The van der Waals surface area contributed by atoms with Crippen LogP contribution in [0.1, 0.15) is 74.4 Å². The molecule has 1 aromatic heterocycles. The van der Waals surface area contributed by atoms with E-state index in [1.165, 1.54) is 47.7 Å². The first kappa shape index (κ1) is 14.0. The topological polar surface area (TPSA) is 12.9 Å². The number of aromatic nitrogens is 1. The van der Waals surface area contributed by atoms with E-state index in [2.05, 4.69) is 27.7 Å². The highest BCUT2D eigenvalue weighted by molar-refractivity contribution is 7.11. The van der Waals surface area contributed by atoms with Crippen molar-refractivity contribution in [1.82, 2.24) is 4.98 Å². The molecule has 1 heterocycles. The summed E-state index contributed by atoms with van der Waals surface area (Å²) >= 11 is 1.94. The monoisotopic (exact) mass is 265 g/mol. The fourth-order valence-corrected chi connectivity index (χ4v) is 4.75. The molecule has 0 spiro atoms. The molecule has 1 saturated carbocycles. The highest BCUT2D eigenvalue weighted by Crippen LogP contribution is 2.44. The fourth-order valence-electron chi connectivity index (χ4n) is 3.64. The van der Waals surface area contributed by atoms with Crippen molar-refractivity contribution >= 4 is 11.3 Å². The Morgan fingerprint density at radius 3 is 2.72 bits per heavy atom. The number of hydrogen-bond acceptors (Lipinski definition) is 2. The molecule has 18 heavy (non-hydrogen) atoms. The van der Waals surface area contributed by atoms with Gasteiger partial charge < -0.3 is 0 Å². The van der Waals surface area contributed by atoms with Crippen molar-refractivity contribution in [2.75, 3.05) is 0 Å². The van der Waals surface area contributed by atoms with Crippen molar-refractivity contribution < 1.29 is 0 Å². The lowest BCUT2D eigenvalue weighted by molar-refractivity contribution is 0.209. The fraction of sp³-hybridized carbons (Fsp3) is 0.812. The van der Waals surface area contributed by atoms with E-state index >= 15 is 0 Å². The van der Waals surface area contributed by atoms with Gasteiger partial charge in [-0.3, -0.25) is 0 Å². The molecule has 0 N–H and O–H groups in total. The quantitative estimate of drug-likeness (QED) is 0.716. The molecule has 1 nitrogen and oxygen atoms in total. The zero-order valence-electron chi connectivity index (χ0n) is 12.3. The summed E-state index contributed by atoms with van der Waals surface area (Å²) in [6, 6.07) is 0. The number of hydrogen-bond donors (Lipinski definition) is 0. The Labute approximate surface area is 116 Å². The molecule has 1 fully saturated rings. The summed E-state index contributed by atoms with van der Waals surface area (Å²) in [5, 5.41) is 1.36. The van der Waals surface area contributed by atoms with Crippen molar-refractivity contribution in [2.45, 2.75) is 72.1 Å². The third-order valence-electron chi connectivity index (χ3n) is 4.59.